The molecule has 1 nitrogen and oxygen atoms in total. The molecule has 0 saturated heterocycles. The molecule has 0 spiro atoms. The van der Waals surface area contributed by atoms with Crippen LogP contribution in [0.25, 0.3) is 0 Å². The van der Waals surface area contributed by atoms with Gasteiger partial charge in [-0.1, -0.05) is 28.1 Å². The molecule has 0 heterocycles. The van der Waals surface area contributed by atoms with Crippen molar-refractivity contribution in [2.45, 2.75) is 12.8 Å². The summed E-state index contributed by atoms with van der Waals surface area (Å²) >= 11 is 3.15. The van der Waals surface area contributed by atoms with Crippen molar-refractivity contribution in [3.8, 4) is 0 Å². The Kier molecular flexibility index (Phi) is 4.01. The van der Waals surface area contributed by atoms with Crippen LogP contribution in [-0.4, -0.2) is 5.78 Å². The van der Waals surface area contributed by atoms with Crippen LogP contribution in [0, 0.1) is 5.82 Å². The fraction of sp³-hybridized carbons (Fsp3) is 0.182. The molecule has 0 N–H and O–H groups in total. The summed E-state index contributed by atoms with van der Waals surface area (Å²) in [5.74, 6) is -0.377. The van der Waals surface area contributed by atoms with Crippen LogP contribution in [0.2, 0.25) is 0 Å². The number of carbonyl (C=O) groups is 1. The molecule has 0 aliphatic carbocycles. The molecular formula is C11H10BrFO. The lowest BCUT2D eigenvalue weighted by Crippen LogP contribution is -2.02. The molecule has 0 aliphatic heterocycles. The van der Waals surface area contributed by atoms with Gasteiger partial charge in [-0.15, -0.1) is 6.58 Å². The predicted octanol–water partition coefficient (Wildman–Crippen LogP) is 3.28. The molecule has 1 aromatic carbocycles. The third-order valence-corrected chi connectivity index (χ3v) is 2.27. The molecular weight excluding hydrogens is 247 g/mol. The van der Waals surface area contributed by atoms with E-state index in [0.29, 0.717) is 10.0 Å². The number of Topliss-reactive ketones (excluding diaryl/α,β-unsaturated/α-hetero) is 1. The Morgan fingerprint density at radius 3 is 2.86 bits per heavy atom. The Balaban J connectivity index is 2.76. The van der Waals surface area contributed by atoms with Gasteiger partial charge in [-0.05, 0) is 17.7 Å². The van der Waals surface area contributed by atoms with E-state index in [-0.39, 0.29) is 24.4 Å². The van der Waals surface area contributed by atoms with Crippen LogP contribution in [0.4, 0.5) is 4.39 Å². The number of allylic oxidation sites excluding steroid dienone is 1. The van der Waals surface area contributed by atoms with Crippen LogP contribution in [-0.2, 0) is 11.2 Å². The second kappa shape index (κ2) is 5.05. The first-order chi connectivity index (χ1) is 6.63. The Morgan fingerprint density at radius 1 is 1.57 bits per heavy atom. The smallest absolute Gasteiger partial charge is 0.141 e. The zero-order valence-corrected chi connectivity index (χ0v) is 9.18. The summed E-state index contributed by atoms with van der Waals surface area (Å²) in [7, 11) is 0. The standard InChI is InChI=1S/C11H10BrFO/c1-2-3-10(14)6-8-4-5-9(12)7-11(8)13/h2,4-5,7H,1,3,6H2. The van der Waals surface area contributed by atoms with Crippen molar-refractivity contribution in [1.82, 2.24) is 0 Å². The SMILES string of the molecule is C=CCC(=O)Cc1ccc(Br)cc1F. The maximum Gasteiger partial charge on any atom is 0.141 e. The third kappa shape index (κ3) is 3.07. The summed E-state index contributed by atoms with van der Waals surface area (Å²) in [5.41, 5.74) is 0.431. The maximum absolute atomic E-state index is 13.2. The highest BCUT2D eigenvalue weighted by Gasteiger charge is 2.06. The molecule has 3 heteroatoms. The number of rotatable bonds is 4. The van der Waals surface area contributed by atoms with Gasteiger partial charge in [-0.2, -0.15) is 0 Å². The van der Waals surface area contributed by atoms with E-state index in [1.165, 1.54) is 12.1 Å². The molecule has 74 valence electrons. The lowest BCUT2D eigenvalue weighted by molar-refractivity contribution is -0.117. The van der Waals surface area contributed by atoms with Crippen molar-refractivity contribution in [1.29, 1.82) is 0 Å². The highest BCUT2D eigenvalue weighted by Crippen LogP contribution is 2.16. The summed E-state index contributed by atoms with van der Waals surface area (Å²) < 4.78 is 13.9. The monoisotopic (exact) mass is 256 g/mol. The Morgan fingerprint density at radius 2 is 2.29 bits per heavy atom. The first kappa shape index (κ1) is 11.1. The number of benzene rings is 1. The number of halogens is 2. The summed E-state index contributed by atoms with van der Waals surface area (Å²) in [6.45, 7) is 3.46. The van der Waals surface area contributed by atoms with Gasteiger partial charge in [0.25, 0.3) is 0 Å². The van der Waals surface area contributed by atoms with Crippen LogP contribution >= 0.6 is 15.9 Å². The van der Waals surface area contributed by atoms with Gasteiger partial charge in [0.2, 0.25) is 0 Å². The van der Waals surface area contributed by atoms with Crippen LogP contribution in [0.3, 0.4) is 0 Å². The number of hydrogen-bond acceptors (Lipinski definition) is 1. The molecule has 0 aliphatic rings. The fourth-order valence-corrected chi connectivity index (χ4v) is 1.44. The number of ketones is 1. The van der Waals surface area contributed by atoms with E-state index in [2.05, 4.69) is 22.5 Å². The van der Waals surface area contributed by atoms with E-state index >= 15 is 0 Å². The lowest BCUT2D eigenvalue weighted by Gasteiger charge is -2.01. The second-order valence-electron chi connectivity index (χ2n) is 2.94. The number of hydrogen-bond donors (Lipinski definition) is 0. The summed E-state index contributed by atoms with van der Waals surface area (Å²) in [4.78, 5) is 11.2. The van der Waals surface area contributed by atoms with Crippen molar-refractivity contribution < 1.29 is 9.18 Å². The molecule has 0 bridgehead atoms. The normalized spacial score (nSPS) is 9.86. The highest BCUT2D eigenvalue weighted by atomic mass is 79.9. The maximum atomic E-state index is 13.2. The van der Waals surface area contributed by atoms with E-state index in [1.54, 1.807) is 12.1 Å². The van der Waals surface area contributed by atoms with E-state index in [1.807, 2.05) is 0 Å². The van der Waals surface area contributed by atoms with Crippen molar-refractivity contribution in [2.24, 2.45) is 0 Å². The quantitative estimate of drug-likeness (QED) is 0.756. The van der Waals surface area contributed by atoms with Gasteiger partial charge >= 0.3 is 0 Å². The Labute approximate surface area is 90.8 Å². The average molecular weight is 257 g/mol. The largest absolute Gasteiger partial charge is 0.299 e. The molecule has 0 unspecified atom stereocenters. The fourth-order valence-electron chi connectivity index (χ4n) is 1.11. The molecule has 14 heavy (non-hydrogen) atoms. The first-order valence-electron chi connectivity index (χ1n) is 4.20. The molecule has 1 rings (SSSR count). The van der Waals surface area contributed by atoms with E-state index in [4.69, 9.17) is 0 Å². The summed E-state index contributed by atoms with van der Waals surface area (Å²) in [6, 6.07) is 4.69. The van der Waals surface area contributed by atoms with Crippen molar-refractivity contribution in [3.63, 3.8) is 0 Å². The summed E-state index contributed by atoms with van der Waals surface area (Å²) in [6.07, 6.45) is 1.94. The first-order valence-corrected chi connectivity index (χ1v) is 4.99. The molecule has 0 fully saturated rings. The zero-order chi connectivity index (χ0) is 10.6. The van der Waals surface area contributed by atoms with Crippen molar-refractivity contribution >= 4 is 21.7 Å². The topological polar surface area (TPSA) is 17.1 Å². The summed E-state index contributed by atoms with van der Waals surface area (Å²) in [5, 5.41) is 0. The van der Waals surface area contributed by atoms with E-state index in [9.17, 15) is 9.18 Å². The predicted molar refractivity (Wildman–Crippen MR) is 57.6 cm³/mol. The average Bonchev–Trinajstić information content (AvgIpc) is 2.10. The van der Waals surface area contributed by atoms with Gasteiger partial charge < -0.3 is 0 Å². The van der Waals surface area contributed by atoms with E-state index in [0.717, 1.165) is 0 Å². The van der Waals surface area contributed by atoms with Crippen molar-refractivity contribution in [3.05, 3.63) is 46.7 Å². The van der Waals surface area contributed by atoms with Crippen LogP contribution in [0.15, 0.2) is 35.3 Å². The van der Waals surface area contributed by atoms with Crippen LogP contribution in [0.5, 0.6) is 0 Å². The van der Waals surface area contributed by atoms with Gasteiger partial charge in [0, 0.05) is 17.3 Å². The van der Waals surface area contributed by atoms with Gasteiger partial charge in [-0.3, -0.25) is 4.79 Å². The Bertz CT molecular complexity index is 360. The van der Waals surface area contributed by atoms with Crippen LogP contribution < -0.4 is 0 Å². The van der Waals surface area contributed by atoms with Gasteiger partial charge in [0.1, 0.15) is 11.6 Å². The minimum Gasteiger partial charge on any atom is -0.299 e. The molecule has 0 aromatic heterocycles. The van der Waals surface area contributed by atoms with Gasteiger partial charge in [-0.25, -0.2) is 4.39 Å². The van der Waals surface area contributed by atoms with E-state index < -0.39 is 0 Å². The van der Waals surface area contributed by atoms with Gasteiger partial charge in [0.05, 0.1) is 0 Å². The molecule has 0 atom stereocenters. The molecule has 0 radical (unpaired) electrons. The number of carbonyl (C=O) groups excluding carboxylic acids is 1. The second-order valence-corrected chi connectivity index (χ2v) is 3.86. The van der Waals surface area contributed by atoms with Gasteiger partial charge in [0.15, 0.2) is 0 Å². The minimum atomic E-state index is -0.350. The lowest BCUT2D eigenvalue weighted by atomic mass is 10.1. The minimum absolute atomic E-state index is 0.0266. The molecule has 0 saturated carbocycles. The van der Waals surface area contributed by atoms with Crippen molar-refractivity contribution in [2.75, 3.05) is 0 Å². The zero-order valence-electron chi connectivity index (χ0n) is 7.59. The molecule has 0 amide bonds. The third-order valence-electron chi connectivity index (χ3n) is 1.77. The van der Waals surface area contributed by atoms with Crippen LogP contribution in [0.1, 0.15) is 12.0 Å². The molecule has 1 aromatic rings. The Hall–Kier alpha value is -0.960. The highest BCUT2D eigenvalue weighted by molar-refractivity contribution is 9.10.